The summed E-state index contributed by atoms with van der Waals surface area (Å²) in [5.41, 5.74) is 5.77. The third-order valence-electron chi connectivity index (χ3n) is 2.80. The number of nitrogen functional groups attached to an aromatic ring is 1. The van der Waals surface area contributed by atoms with Gasteiger partial charge in [-0.05, 0) is 31.4 Å². The predicted octanol–water partition coefficient (Wildman–Crippen LogP) is 3.48. The number of nitrogens with zero attached hydrogens (tertiary/aromatic N) is 1. The fraction of sp³-hybridized carbons (Fsp3) is 0.500. The molecule has 0 saturated carbocycles. The average Bonchev–Trinajstić information content (AvgIpc) is 2.27. The lowest BCUT2D eigenvalue weighted by Gasteiger charge is -2.28. The summed E-state index contributed by atoms with van der Waals surface area (Å²) in [5.74, 6) is 0.886. The number of rotatable bonds is 4. The van der Waals surface area contributed by atoms with Crippen LogP contribution in [0.1, 0.15) is 12.5 Å². The van der Waals surface area contributed by atoms with E-state index in [2.05, 4.69) is 0 Å². The summed E-state index contributed by atoms with van der Waals surface area (Å²) in [5, 5.41) is 0. The molecule has 0 aliphatic heterocycles. The van der Waals surface area contributed by atoms with Gasteiger partial charge in [0.25, 0.3) is 0 Å². The molecule has 0 aliphatic carbocycles. The van der Waals surface area contributed by atoms with Crippen molar-refractivity contribution in [3.05, 3.63) is 23.8 Å². The minimum atomic E-state index is -4.35. The molecule has 1 rings (SSSR count). The van der Waals surface area contributed by atoms with Gasteiger partial charge in [0.15, 0.2) is 0 Å². The van der Waals surface area contributed by atoms with Crippen molar-refractivity contribution in [3.63, 3.8) is 0 Å². The Balaban J connectivity index is 2.99. The summed E-state index contributed by atoms with van der Waals surface area (Å²) >= 11 is 1.68. The van der Waals surface area contributed by atoms with Gasteiger partial charge in [-0.2, -0.15) is 24.9 Å². The Morgan fingerprint density at radius 1 is 1.39 bits per heavy atom. The smallest absolute Gasteiger partial charge is 0.397 e. The van der Waals surface area contributed by atoms with Gasteiger partial charge in [-0.15, -0.1) is 0 Å². The van der Waals surface area contributed by atoms with Crippen molar-refractivity contribution in [1.82, 2.24) is 0 Å². The van der Waals surface area contributed by atoms with Crippen LogP contribution in [0.2, 0.25) is 0 Å². The van der Waals surface area contributed by atoms with Gasteiger partial charge in [0.05, 0.1) is 16.9 Å². The molecule has 0 heterocycles. The van der Waals surface area contributed by atoms with Crippen molar-refractivity contribution < 1.29 is 13.2 Å². The zero-order valence-electron chi connectivity index (χ0n) is 10.6. The van der Waals surface area contributed by atoms with E-state index in [1.54, 1.807) is 11.8 Å². The summed E-state index contributed by atoms with van der Waals surface area (Å²) in [6.45, 7) is 2.01. The summed E-state index contributed by atoms with van der Waals surface area (Å²) < 4.78 is 37.5. The number of hydrogen-bond acceptors (Lipinski definition) is 3. The Bertz CT molecular complexity index is 407. The molecule has 2 nitrogen and oxygen atoms in total. The van der Waals surface area contributed by atoms with Crippen LogP contribution in [0.5, 0.6) is 0 Å². The highest BCUT2D eigenvalue weighted by Gasteiger charge is 2.31. The molecular formula is C12H17F3N2S. The zero-order chi connectivity index (χ0) is 13.9. The van der Waals surface area contributed by atoms with Crippen molar-refractivity contribution in [1.29, 1.82) is 0 Å². The summed E-state index contributed by atoms with van der Waals surface area (Å²) in [6.07, 6.45) is -2.36. The van der Waals surface area contributed by atoms with Gasteiger partial charge in [-0.3, -0.25) is 0 Å². The predicted molar refractivity (Wildman–Crippen MR) is 72.1 cm³/mol. The van der Waals surface area contributed by atoms with Gasteiger partial charge < -0.3 is 10.6 Å². The van der Waals surface area contributed by atoms with Gasteiger partial charge in [0.1, 0.15) is 0 Å². The lowest BCUT2D eigenvalue weighted by atomic mass is 10.1. The van der Waals surface area contributed by atoms with Crippen LogP contribution in [0.3, 0.4) is 0 Å². The van der Waals surface area contributed by atoms with E-state index in [0.717, 1.165) is 17.9 Å². The monoisotopic (exact) mass is 278 g/mol. The minimum Gasteiger partial charge on any atom is -0.397 e. The third kappa shape index (κ3) is 3.48. The largest absolute Gasteiger partial charge is 0.416 e. The maximum atomic E-state index is 12.5. The second-order valence-electron chi connectivity index (χ2n) is 4.19. The Morgan fingerprint density at radius 2 is 2.00 bits per heavy atom. The van der Waals surface area contributed by atoms with Crippen LogP contribution in [0.15, 0.2) is 18.2 Å². The molecule has 0 radical (unpaired) electrons. The fourth-order valence-electron chi connectivity index (χ4n) is 1.64. The second kappa shape index (κ2) is 5.73. The van der Waals surface area contributed by atoms with Gasteiger partial charge in [0, 0.05) is 18.8 Å². The molecule has 1 unspecified atom stereocenters. The highest BCUT2D eigenvalue weighted by molar-refractivity contribution is 7.98. The number of alkyl halides is 3. The van der Waals surface area contributed by atoms with Gasteiger partial charge >= 0.3 is 6.18 Å². The topological polar surface area (TPSA) is 29.3 Å². The third-order valence-corrected chi connectivity index (χ3v) is 3.62. The first-order valence-electron chi connectivity index (χ1n) is 5.46. The molecule has 1 atom stereocenters. The number of anilines is 2. The van der Waals surface area contributed by atoms with Crippen LogP contribution in [0.4, 0.5) is 24.5 Å². The van der Waals surface area contributed by atoms with Crippen molar-refractivity contribution in [2.75, 3.05) is 29.7 Å². The molecule has 0 saturated heterocycles. The van der Waals surface area contributed by atoms with Crippen molar-refractivity contribution in [3.8, 4) is 0 Å². The highest BCUT2D eigenvalue weighted by Crippen LogP contribution is 2.34. The standard InChI is InChI=1S/C12H17F3N2S/c1-8(7-18-3)17(2)11-5-4-9(6-10(11)16)12(13,14)15/h4-6,8H,7,16H2,1-3H3. The number of nitrogens with two attached hydrogens (primary N) is 1. The highest BCUT2D eigenvalue weighted by atomic mass is 32.2. The van der Waals surface area contributed by atoms with Crippen LogP contribution in [0, 0.1) is 0 Å². The molecule has 18 heavy (non-hydrogen) atoms. The van der Waals surface area contributed by atoms with Gasteiger partial charge in [0.2, 0.25) is 0 Å². The van der Waals surface area contributed by atoms with Crippen molar-refractivity contribution in [2.45, 2.75) is 19.1 Å². The molecule has 0 aliphatic rings. The Labute approximate surface area is 109 Å². The van der Waals surface area contributed by atoms with Crippen LogP contribution >= 0.6 is 11.8 Å². The summed E-state index contributed by atoms with van der Waals surface area (Å²) in [4.78, 5) is 1.89. The van der Waals surface area contributed by atoms with E-state index in [-0.39, 0.29) is 11.7 Å². The maximum Gasteiger partial charge on any atom is 0.416 e. The summed E-state index contributed by atoms with van der Waals surface area (Å²) in [6, 6.07) is 3.68. The molecule has 102 valence electrons. The van der Waals surface area contributed by atoms with Crippen molar-refractivity contribution in [2.24, 2.45) is 0 Å². The number of benzene rings is 1. The molecule has 0 amide bonds. The zero-order valence-corrected chi connectivity index (χ0v) is 11.4. The minimum absolute atomic E-state index is 0.153. The van der Waals surface area contributed by atoms with E-state index in [1.807, 2.05) is 25.1 Å². The first-order chi connectivity index (χ1) is 8.27. The molecule has 1 aromatic carbocycles. The molecule has 1 aromatic rings. The average molecular weight is 278 g/mol. The molecule has 0 spiro atoms. The Kier molecular flexibility index (Phi) is 4.78. The first kappa shape index (κ1) is 15.0. The van der Waals surface area contributed by atoms with E-state index >= 15 is 0 Å². The lowest BCUT2D eigenvalue weighted by molar-refractivity contribution is -0.137. The summed E-state index contributed by atoms with van der Waals surface area (Å²) in [7, 11) is 1.83. The van der Waals surface area contributed by atoms with Crippen molar-refractivity contribution >= 4 is 23.1 Å². The van der Waals surface area contributed by atoms with E-state index in [0.29, 0.717) is 5.69 Å². The molecule has 0 fully saturated rings. The molecule has 0 bridgehead atoms. The van der Waals surface area contributed by atoms with E-state index < -0.39 is 11.7 Å². The van der Waals surface area contributed by atoms with E-state index in [1.165, 1.54) is 6.07 Å². The van der Waals surface area contributed by atoms with Gasteiger partial charge in [-0.1, -0.05) is 0 Å². The number of thioether (sulfide) groups is 1. The van der Waals surface area contributed by atoms with Crippen LogP contribution in [-0.2, 0) is 6.18 Å². The number of hydrogen-bond donors (Lipinski definition) is 1. The maximum absolute atomic E-state index is 12.5. The SMILES string of the molecule is CSCC(C)N(C)c1ccc(C(F)(F)F)cc1N. The van der Waals surface area contributed by atoms with E-state index in [9.17, 15) is 13.2 Å². The first-order valence-corrected chi connectivity index (χ1v) is 6.85. The van der Waals surface area contributed by atoms with Crippen LogP contribution in [-0.4, -0.2) is 25.1 Å². The van der Waals surface area contributed by atoms with Crippen LogP contribution < -0.4 is 10.6 Å². The quantitative estimate of drug-likeness (QED) is 0.855. The normalized spacial score (nSPS) is 13.4. The second-order valence-corrected chi connectivity index (χ2v) is 5.10. The Morgan fingerprint density at radius 3 is 2.44 bits per heavy atom. The number of halogens is 3. The molecule has 0 aromatic heterocycles. The molecule has 6 heteroatoms. The van der Waals surface area contributed by atoms with Gasteiger partial charge in [-0.25, -0.2) is 0 Å². The Hall–Kier alpha value is -1.04. The van der Waals surface area contributed by atoms with E-state index in [4.69, 9.17) is 5.73 Å². The lowest BCUT2D eigenvalue weighted by Crippen LogP contribution is -2.31. The molecular weight excluding hydrogens is 261 g/mol. The van der Waals surface area contributed by atoms with Crippen LogP contribution in [0.25, 0.3) is 0 Å². The molecule has 2 N–H and O–H groups in total. The fourth-order valence-corrected chi connectivity index (χ4v) is 2.35.